The standard InChI is InChI=1S/C21H23N9O2S.C3H5F3.C2H6/c31-20(26-18-10-33-21(27-18)19-23-11-25-28-19)14-7-16(30-9-15(24-12-30)13-1-2-13)17(8-22-14)29-3-5-32-6-4-29;1-2-3(4,5)6;1-2/h7-13,21,27H,1-6H2,(H,26,31)(H,23,25,28);2H2,1H3;1-2H3. The van der Waals surface area contributed by atoms with Crippen molar-refractivity contribution in [3.8, 4) is 5.69 Å². The minimum absolute atomic E-state index is 0.123. The Morgan fingerprint density at radius 3 is 2.54 bits per heavy atom. The van der Waals surface area contributed by atoms with E-state index in [4.69, 9.17) is 4.74 Å². The number of carbonyl (C=O) groups is 1. The molecule has 1 saturated heterocycles. The SMILES string of the molecule is CC.CCC(F)(F)F.O=C(NC1=CSC(c2ncn[nH]2)N1)c1cc(-n2cnc(C3CC3)c2)c(N2CCOCC2)cn1. The maximum absolute atomic E-state index is 13.0. The summed E-state index contributed by atoms with van der Waals surface area (Å²) < 4.78 is 39.9. The number of pyridine rings is 1. The van der Waals surface area contributed by atoms with Crippen molar-refractivity contribution in [2.24, 2.45) is 0 Å². The number of hydrogen-bond donors (Lipinski definition) is 3. The van der Waals surface area contributed by atoms with Gasteiger partial charge in [0.2, 0.25) is 0 Å². The van der Waals surface area contributed by atoms with E-state index in [9.17, 15) is 18.0 Å². The minimum Gasteiger partial charge on any atom is -0.378 e. The molecule has 3 N–H and O–H groups in total. The van der Waals surface area contributed by atoms with Crippen LogP contribution in [0.2, 0.25) is 0 Å². The molecule has 1 unspecified atom stereocenters. The summed E-state index contributed by atoms with van der Waals surface area (Å²) in [7, 11) is 0. The predicted molar refractivity (Wildman–Crippen MR) is 149 cm³/mol. The van der Waals surface area contributed by atoms with Crippen LogP contribution >= 0.6 is 11.8 Å². The number of rotatable bonds is 6. The van der Waals surface area contributed by atoms with Crippen LogP contribution in [0.5, 0.6) is 0 Å². The molecule has 2 aliphatic heterocycles. The van der Waals surface area contributed by atoms with Crippen LogP contribution < -0.4 is 15.5 Å². The molecule has 3 aromatic rings. The van der Waals surface area contributed by atoms with Gasteiger partial charge in [-0.3, -0.25) is 9.89 Å². The number of imidazole rings is 1. The molecule has 2 fully saturated rings. The highest BCUT2D eigenvalue weighted by atomic mass is 32.2. The normalized spacial score (nSPS) is 18.3. The van der Waals surface area contributed by atoms with E-state index in [1.165, 1.54) is 30.9 Å². The number of amides is 1. The van der Waals surface area contributed by atoms with E-state index in [2.05, 4.69) is 46.9 Å². The number of anilines is 1. The van der Waals surface area contributed by atoms with Crippen molar-refractivity contribution in [1.29, 1.82) is 0 Å². The smallest absolute Gasteiger partial charge is 0.378 e. The highest BCUT2D eigenvalue weighted by Gasteiger charge is 2.27. The first-order chi connectivity index (χ1) is 19.8. The number of carbonyl (C=O) groups excluding carboxylic acids is 1. The van der Waals surface area contributed by atoms with Gasteiger partial charge in [-0.15, -0.1) is 0 Å². The van der Waals surface area contributed by atoms with Crippen molar-refractivity contribution in [3.63, 3.8) is 0 Å². The molecule has 1 atom stereocenters. The van der Waals surface area contributed by atoms with Crippen LogP contribution in [0.15, 0.2) is 42.3 Å². The minimum atomic E-state index is -3.96. The Morgan fingerprint density at radius 2 is 1.90 bits per heavy atom. The van der Waals surface area contributed by atoms with Crippen LogP contribution in [-0.4, -0.2) is 68.1 Å². The maximum Gasteiger partial charge on any atom is 0.388 e. The Balaban J connectivity index is 0.000000433. The van der Waals surface area contributed by atoms with Gasteiger partial charge in [-0.1, -0.05) is 32.5 Å². The summed E-state index contributed by atoms with van der Waals surface area (Å²) in [5.74, 6) is 1.57. The van der Waals surface area contributed by atoms with Crippen LogP contribution in [0, 0.1) is 0 Å². The maximum atomic E-state index is 13.0. The molecule has 3 aliphatic rings. The van der Waals surface area contributed by atoms with Gasteiger partial charge in [0.1, 0.15) is 23.2 Å². The zero-order valence-electron chi connectivity index (χ0n) is 23.1. The largest absolute Gasteiger partial charge is 0.388 e. The molecule has 11 nitrogen and oxygen atoms in total. The summed E-state index contributed by atoms with van der Waals surface area (Å²) in [6.07, 6.45) is 4.81. The second kappa shape index (κ2) is 13.9. The average Bonchev–Trinajstić information content (AvgIpc) is 3.37. The number of aromatic amines is 1. The summed E-state index contributed by atoms with van der Waals surface area (Å²) in [4.78, 5) is 28.5. The quantitative estimate of drug-likeness (QED) is 0.375. The van der Waals surface area contributed by atoms with E-state index in [0.717, 1.165) is 37.1 Å². The molecule has 0 aromatic carbocycles. The number of morpholine rings is 1. The number of nitrogens with one attached hydrogen (secondary N) is 3. The van der Waals surface area contributed by atoms with Gasteiger partial charge >= 0.3 is 6.18 Å². The fourth-order valence-corrected chi connectivity index (χ4v) is 4.78. The van der Waals surface area contributed by atoms with Crippen molar-refractivity contribution >= 4 is 23.4 Å². The number of thioether (sulfide) groups is 1. The lowest BCUT2D eigenvalue weighted by Crippen LogP contribution is -2.37. The number of hydrogen-bond acceptors (Lipinski definition) is 9. The monoisotopic (exact) mass is 593 g/mol. The van der Waals surface area contributed by atoms with Crippen molar-refractivity contribution < 1.29 is 22.7 Å². The average molecular weight is 594 g/mol. The summed E-state index contributed by atoms with van der Waals surface area (Å²) in [6, 6.07) is 1.83. The third-order valence-corrected chi connectivity index (χ3v) is 7.25. The van der Waals surface area contributed by atoms with Crippen LogP contribution in [0.3, 0.4) is 0 Å². The fourth-order valence-electron chi connectivity index (χ4n) is 3.95. The molecule has 6 rings (SSSR count). The highest BCUT2D eigenvalue weighted by molar-refractivity contribution is 8.02. The van der Waals surface area contributed by atoms with Gasteiger partial charge in [0, 0.05) is 37.0 Å². The topological polar surface area (TPSA) is 126 Å². The molecule has 0 radical (unpaired) electrons. The Hall–Kier alpha value is -3.59. The number of alkyl halides is 3. The summed E-state index contributed by atoms with van der Waals surface area (Å²) in [6.45, 7) is 7.98. The lowest BCUT2D eigenvalue weighted by Gasteiger charge is -2.30. The summed E-state index contributed by atoms with van der Waals surface area (Å²) in [5.41, 5.74) is 3.29. The lowest BCUT2D eigenvalue weighted by molar-refractivity contribution is -0.130. The molecule has 0 spiro atoms. The second-order valence-electron chi connectivity index (χ2n) is 9.12. The van der Waals surface area contributed by atoms with Gasteiger partial charge < -0.3 is 24.8 Å². The van der Waals surface area contributed by atoms with Crippen LogP contribution in [0.4, 0.5) is 18.9 Å². The van der Waals surface area contributed by atoms with Crippen molar-refractivity contribution in [3.05, 3.63) is 59.6 Å². The molecule has 1 amide bonds. The number of ether oxygens (including phenoxy) is 1. The molecular weight excluding hydrogens is 559 g/mol. The first kappa shape index (κ1) is 30.4. The summed E-state index contributed by atoms with van der Waals surface area (Å²) >= 11 is 1.51. The van der Waals surface area contributed by atoms with Gasteiger partial charge in [0.25, 0.3) is 5.91 Å². The third kappa shape index (κ3) is 8.22. The molecular formula is C26H34F3N9O2S. The van der Waals surface area contributed by atoms with Gasteiger partial charge in [-0.2, -0.15) is 18.3 Å². The predicted octanol–water partition coefficient (Wildman–Crippen LogP) is 4.65. The number of nitrogens with zero attached hydrogens (tertiary/aromatic N) is 6. The fraction of sp³-hybridized carbons (Fsp3) is 0.500. The van der Waals surface area contributed by atoms with E-state index >= 15 is 0 Å². The van der Waals surface area contributed by atoms with E-state index in [1.807, 2.05) is 36.2 Å². The molecule has 0 bridgehead atoms. The molecule has 222 valence electrons. The Kier molecular flexibility index (Phi) is 10.3. The van der Waals surface area contributed by atoms with Crippen molar-refractivity contribution in [2.45, 2.75) is 57.5 Å². The zero-order chi connectivity index (χ0) is 29.4. The first-order valence-corrected chi connectivity index (χ1v) is 14.5. The van der Waals surface area contributed by atoms with E-state index in [1.54, 1.807) is 6.20 Å². The molecule has 41 heavy (non-hydrogen) atoms. The van der Waals surface area contributed by atoms with Gasteiger partial charge in [-0.05, 0) is 18.9 Å². The lowest BCUT2D eigenvalue weighted by atomic mass is 10.2. The Morgan fingerprint density at radius 1 is 1.17 bits per heavy atom. The van der Waals surface area contributed by atoms with E-state index in [-0.39, 0.29) is 11.3 Å². The molecule has 1 aliphatic carbocycles. The van der Waals surface area contributed by atoms with E-state index < -0.39 is 12.6 Å². The summed E-state index contributed by atoms with van der Waals surface area (Å²) in [5, 5.41) is 14.6. The number of H-pyrrole nitrogens is 1. The second-order valence-corrected chi connectivity index (χ2v) is 10.1. The van der Waals surface area contributed by atoms with Crippen LogP contribution in [0.1, 0.15) is 73.3 Å². The van der Waals surface area contributed by atoms with Crippen LogP contribution in [-0.2, 0) is 4.74 Å². The molecule has 3 aromatic heterocycles. The Labute approximate surface area is 240 Å². The number of aromatic nitrogens is 6. The Bertz CT molecular complexity index is 1300. The van der Waals surface area contributed by atoms with E-state index in [0.29, 0.717) is 36.5 Å². The van der Waals surface area contributed by atoms with Gasteiger partial charge in [0.15, 0.2) is 5.82 Å². The molecule has 5 heterocycles. The van der Waals surface area contributed by atoms with Crippen molar-refractivity contribution in [2.75, 3.05) is 31.2 Å². The van der Waals surface area contributed by atoms with Gasteiger partial charge in [-0.25, -0.2) is 15.0 Å². The first-order valence-electron chi connectivity index (χ1n) is 13.5. The van der Waals surface area contributed by atoms with Crippen molar-refractivity contribution in [1.82, 2.24) is 40.3 Å². The van der Waals surface area contributed by atoms with Gasteiger partial charge in [0.05, 0.1) is 42.8 Å². The third-order valence-electron chi connectivity index (χ3n) is 6.26. The van der Waals surface area contributed by atoms with Crippen LogP contribution in [0.25, 0.3) is 5.69 Å². The molecule has 1 saturated carbocycles. The highest BCUT2D eigenvalue weighted by Crippen LogP contribution is 2.39. The molecule has 15 heteroatoms. The number of halogens is 3. The zero-order valence-corrected chi connectivity index (χ0v) is 23.9.